The number of nitrogen functional groups attached to an aromatic ring is 1. The minimum Gasteiger partial charge on any atom is -0.384 e. The van der Waals surface area contributed by atoms with E-state index < -0.39 is 0 Å². The van der Waals surface area contributed by atoms with Crippen molar-refractivity contribution >= 4 is 5.82 Å². The van der Waals surface area contributed by atoms with Gasteiger partial charge in [-0.25, -0.2) is 14.7 Å². The molecule has 2 N–H and O–H groups in total. The van der Waals surface area contributed by atoms with Crippen LogP contribution in [0.2, 0.25) is 0 Å². The molecule has 2 atom stereocenters. The number of rotatable bonds is 4. The molecule has 1 aliphatic carbocycles. The van der Waals surface area contributed by atoms with Gasteiger partial charge in [0.25, 0.3) is 0 Å². The highest BCUT2D eigenvalue weighted by molar-refractivity contribution is 5.21. The molecule has 2 rings (SSSR count). The quantitative estimate of drug-likeness (QED) is 0.859. The normalized spacial score (nSPS) is 24.4. The van der Waals surface area contributed by atoms with E-state index in [0.717, 1.165) is 25.9 Å². The van der Waals surface area contributed by atoms with E-state index in [0.29, 0.717) is 23.3 Å². The van der Waals surface area contributed by atoms with Crippen molar-refractivity contribution in [3.8, 4) is 0 Å². The van der Waals surface area contributed by atoms with Crippen LogP contribution in [-0.4, -0.2) is 28.5 Å². The summed E-state index contributed by atoms with van der Waals surface area (Å²) in [6.45, 7) is 4.40. The number of anilines is 1. The van der Waals surface area contributed by atoms with Crippen LogP contribution in [0.25, 0.3) is 0 Å². The molecule has 1 aromatic heterocycles. The van der Waals surface area contributed by atoms with Crippen molar-refractivity contribution in [3.05, 3.63) is 24.6 Å². The van der Waals surface area contributed by atoms with Crippen molar-refractivity contribution in [1.82, 2.24) is 14.8 Å². The third kappa shape index (κ3) is 2.59. The van der Waals surface area contributed by atoms with Crippen molar-refractivity contribution < 1.29 is 4.74 Å². The molecule has 0 amide bonds. The van der Waals surface area contributed by atoms with E-state index in [1.807, 2.05) is 4.68 Å². The smallest absolute Gasteiger partial charge is 0.192 e. The Morgan fingerprint density at radius 3 is 3.22 bits per heavy atom. The largest absolute Gasteiger partial charge is 0.384 e. The van der Waals surface area contributed by atoms with Crippen LogP contribution >= 0.6 is 0 Å². The number of methoxy groups -OCH3 is 1. The van der Waals surface area contributed by atoms with E-state index in [9.17, 15) is 0 Å². The number of hydrogen-bond acceptors (Lipinski definition) is 5. The predicted molar refractivity (Wildman–Crippen MR) is 68.4 cm³/mol. The zero-order chi connectivity index (χ0) is 13.0. The Kier molecular flexibility index (Phi) is 4.09. The van der Waals surface area contributed by atoms with Crippen LogP contribution in [0.1, 0.15) is 25.3 Å². The van der Waals surface area contributed by atoms with Crippen molar-refractivity contribution in [1.29, 1.82) is 0 Å². The summed E-state index contributed by atoms with van der Waals surface area (Å²) in [5, 5.41) is 4.28. The van der Waals surface area contributed by atoms with Gasteiger partial charge >= 0.3 is 0 Å². The molecule has 98 valence electrons. The van der Waals surface area contributed by atoms with Gasteiger partial charge in [0.15, 0.2) is 11.3 Å². The van der Waals surface area contributed by atoms with Gasteiger partial charge in [-0.15, -0.1) is 0 Å². The maximum absolute atomic E-state index is 5.83. The van der Waals surface area contributed by atoms with Crippen LogP contribution in [0, 0.1) is 5.92 Å². The van der Waals surface area contributed by atoms with Gasteiger partial charge in [0, 0.05) is 19.9 Å². The molecule has 6 heteroatoms. The first-order valence-electron chi connectivity index (χ1n) is 6.09. The standard InChI is InChI=1S/C12H19N5O/c1-3-14-12-11(13)15-8-16-17(12)10-5-4-9(6-10)7-18-2/h3,8-10H,1,4-7H2,2H3,(H2,13,15,16). The molecule has 0 aromatic carbocycles. The van der Waals surface area contributed by atoms with Gasteiger partial charge in [-0.3, -0.25) is 0 Å². The number of hydrogen-bond donors (Lipinski definition) is 1. The Bertz CT molecular complexity index is 482. The number of nitrogens with two attached hydrogens (primary N) is 1. The van der Waals surface area contributed by atoms with E-state index in [4.69, 9.17) is 10.5 Å². The Balaban J connectivity index is 2.27. The molecule has 1 aliphatic rings. The van der Waals surface area contributed by atoms with E-state index in [1.165, 1.54) is 12.5 Å². The number of nitrogens with zero attached hydrogens (tertiary/aromatic N) is 4. The Labute approximate surface area is 106 Å². The lowest BCUT2D eigenvalue weighted by atomic mass is 10.1. The van der Waals surface area contributed by atoms with Crippen LogP contribution in [0.15, 0.2) is 24.1 Å². The van der Waals surface area contributed by atoms with E-state index in [1.54, 1.807) is 7.11 Å². The average molecular weight is 249 g/mol. The molecule has 1 heterocycles. The van der Waals surface area contributed by atoms with Crippen molar-refractivity contribution in [3.63, 3.8) is 0 Å². The fourth-order valence-electron chi connectivity index (χ4n) is 2.51. The molecule has 0 spiro atoms. The predicted octanol–water partition coefficient (Wildman–Crippen LogP) is 0.892. The van der Waals surface area contributed by atoms with Crippen LogP contribution in [0.3, 0.4) is 0 Å². The SMILES string of the molecule is C=CN=c1c(N)ncnn1C1CCC(COC)C1. The molecule has 1 saturated carbocycles. The summed E-state index contributed by atoms with van der Waals surface area (Å²) in [4.78, 5) is 8.13. The van der Waals surface area contributed by atoms with E-state index in [-0.39, 0.29) is 0 Å². The highest BCUT2D eigenvalue weighted by Gasteiger charge is 2.27. The third-order valence-corrected chi connectivity index (χ3v) is 3.29. The summed E-state index contributed by atoms with van der Waals surface area (Å²) in [7, 11) is 1.74. The molecular formula is C12H19N5O. The fourth-order valence-corrected chi connectivity index (χ4v) is 2.51. The third-order valence-electron chi connectivity index (χ3n) is 3.29. The highest BCUT2D eigenvalue weighted by atomic mass is 16.5. The second-order valence-electron chi connectivity index (χ2n) is 4.51. The molecule has 2 unspecified atom stereocenters. The zero-order valence-electron chi connectivity index (χ0n) is 10.6. The van der Waals surface area contributed by atoms with Crippen LogP contribution in [-0.2, 0) is 4.74 Å². The number of ether oxygens (including phenoxy) is 1. The van der Waals surface area contributed by atoms with Gasteiger partial charge in [0.1, 0.15) is 6.33 Å². The Hall–Kier alpha value is -1.69. The fraction of sp³-hybridized carbons (Fsp3) is 0.583. The molecule has 18 heavy (non-hydrogen) atoms. The van der Waals surface area contributed by atoms with Gasteiger partial charge in [-0.05, 0) is 25.2 Å². The molecule has 0 saturated heterocycles. The highest BCUT2D eigenvalue weighted by Crippen LogP contribution is 2.33. The minimum absolute atomic E-state index is 0.314. The van der Waals surface area contributed by atoms with Crippen molar-refractivity contribution in [2.75, 3.05) is 19.5 Å². The molecule has 6 nitrogen and oxygen atoms in total. The van der Waals surface area contributed by atoms with Crippen LogP contribution < -0.4 is 11.2 Å². The van der Waals surface area contributed by atoms with Gasteiger partial charge < -0.3 is 10.5 Å². The maximum Gasteiger partial charge on any atom is 0.192 e. The van der Waals surface area contributed by atoms with Gasteiger partial charge in [-0.1, -0.05) is 6.58 Å². The Morgan fingerprint density at radius 2 is 2.50 bits per heavy atom. The van der Waals surface area contributed by atoms with E-state index >= 15 is 0 Å². The molecule has 1 fully saturated rings. The first-order valence-corrected chi connectivity index (χ1v) is 6.09. The average Bonchev–Trinajstić information content (AvgIpc) is 2.81. The van der Waals surface area contributed by atoms with Crippen LogP contribution in [0.5, 0.6) is 0 Å². The molecule has 0 radical (unpaired) electrons. The monoisotopic (exact) mass is 249 g/mol. The summed E-state index contributed by atoms with van der Waals surface area (Å²) >= 11 is 0. The lowest BCUT2D eigenvalue weighted by molar-refractivity contribution is 0.152. The Morgan fingerprint density at radius 1 is 1.67 bits per heavy atom. The number of aromatic nitrogens is 3. The van der Waals surface area contributed by atoms with Gasteiger partial charge in [-0.2, -0.15) is 5.10 Å². The maximum atomic E-state index is 5.83. The first-order chi connectivity index (χ1) is 8.76. The molecule has 0 aliphatic heterocycles. The topological polar surface area (TPSA) is 78.3 Å². The second kappa shape index (κ2) is 5.77. The first kappa shape index (κ1) is 12.8. The van der Waals surface area contributed by atoms with Crippen LogP contribution in [0.4, 0.5) is 5.82 Å². The summed E-state index contributed by atoms with van der Waals surface area (Å²) in [5.41, 5.74) is 6.42. The molecular weight excluding hydrogens is 230 g/mol. The van der Waals surface area contributed by atoms with Gasteiger partial charge in [0.2, 0.25) is 0 Å². The van der Waals surface area contributed by atoms with Gasteiger partial charge in [0.05, 0.1) is 6.04 Å². The van der Waals surface area contributed by atoms with E-state index in [2.05, 4.69) is 21.7 Å². The van der Waals surface area contributed by atoms with Crippen molar-refractivity contribution in [2.45, 2.75) is 25.3 Å². The summed E-state index contributed by atoms with van der Waals surface area (Å²) in [6.07, 6.45) is 6.18. The second-order valence-corrected chi connectivity index (χ2v) is 4.51. The minimum atomic E-state index is 0.314. The lowest BCUT2D eigenvalue weighted by Crippen LogP contribution is -2.30. The summed E-state index contributed by atoms with van der Waals surface area (Å²) in [6, 6.07) is 0.314. The lowest BCUT2D eigenvalue weighted by Gasteiger charge is -2.14. The summed E-state index contributed by atoms with van der Waals surface area (Å²) in [5.74, 6) is 0.973. The molecule has 1 aromatic rings. The zero-order valence-corrected chi connectivity index (χ0v) is 10.6. The summed E-state index contributed by atoms with van der Waals surface area (Å²) < 4.78 is 7.07. The molecule has 0 bridgehead atoms. The van der Waals surface area contributed by atoms with Crippen molar-refractivity contribution in [2.24, 2.45) is 10.9 Å².